The molecule has 1 saturated carbocycles. The Hall–Kier alpha value is -1.84. The molecule has 2 rings (SSSR count). The number of carboxylic acids is 1. The third-order valence-corrected chi connectivity index (χ3v) is 3.96. The Kier molecular flexibility index (Phi) is 4.77. The molecule has 1 amide bonds. The molecule has 0 spiro atoms. The molecule has 1 aromatic carbocycles. The van der Waals surface area contributed by atoms with Crippen LogP contribution in [0.4, 0.5) is 0 Å². The molecule has 1 aromatic rings. The van der Waals surface area contributed by atoms with Gasteiger partial charge < -0.3 is 10.4 Å². The fourth-order valence-corrected chi connectivity index (χ4v) is 2.93. The van der Waals surface area contributed by atoms with Gasteiger partial charge in [0.25, 0.3) is 0 Å². The first-order valence-electron chi connectivity index (χ1n) is 7.13. The Morgan fingerprint density at radius 3 is 2.55 bits per heavy atom. The van der Waals surface area contributed by atoms with Crippen molar-refractivity contribution >= 4 is 11.9 Å². The summed E-state index contributed by atoms with van der Waals surface area (Å²) in [7, 11) is 0. The molecular weight excluding hydrogens is 254 g/mol. The van der Waals surface area contributed by atoms with Gasteiger partial charge in [0, 0.05) is 6.42 Å². The molecule has 20 heavy (non-hydrogen) atoms. The van der Waals surface area contributed by atoms with Crippen molar-refractivity contribution in [2.45, 2.75) is 38.6 Å². The van der Waals surface area contributed by atoms with E-state index in [4.69, 9.17) is 0 Å². The van der Waals surface area contributed by atoms with Crippen molar-refractivity contribution < 1.29 is 14.7 Å². The molecule has 0 aliphatic heterocycles. The van der Waals surface area contributed by atoms with Gasteiger partial charge in [-0.3, -0.25) is 4.79 Å². The van der Waals surface area contributed by atoms with Crippen LogP contribution in [0.5, 0.6) is 0 Å². The lowest BCUT2D eigenvalue weighted by Crippen LogP contribution is -2.34. The molecule has 1 fully saturated rings. The van der Waals surface area contributed by atoms with Gasteiger partial charge in [0.15, 0.2) is 6.04 Å². The van der Waals surface area contributed by atoms with Crippen molar-refractivity contribution in [1.82, 2.24) is 5.32 Å². The minimum atomic E-state index is -1.02. The van der Waals surface area contributed by atoms with Gasteiger partial charge in [-0.25, -0.2) is 4.79 Å². The summed E-state index contributed by atoms with van der Waals surface area (Å²) in [6.07, 6.45) is 3.73. The molecule has 0 saturated heterocycles. The highest BCUT2D eigenvalue weighted by molar-refractivity contribution is 5.84. The molecule has 1 aliphatic carbocycles. The van der Waals surface area contributed by atoms with Crippen molar-refractivity contribution in [3.63, 3.8) is 0 Å². The fourth-order valence-electron chi connectivity index (χ4n) is 2.93. The van der Waals surface area contributed by atoms with Gasteiger partial charge in [-0.2, -0.15) is 0 Å². The van der Waals surface area contributed by atoms with Crippen LogP contribution in [0.15, 0.2) is 30.3 Å². The minimum Gasteiger partial charge on any atom is -0.479 e. The SMILES string of the molecule is CC1CCC(CC(=O)N[C@H](C(=O)O)c2ccccc2)C1. The summed E-state index contributed by atoms with van der Waals surface area (Å²) in [6.45, 7) is 2.20. The van der Waals surface area contributed by atoms with Crippen LogP contribution in [-0.2, 0) is 9.59 Å². The highest BCUT2D eigenvalue weighted by Crippen LogP contribution is 2.32. The van der Waals surface area contributed by atoms with Crippen LogP contribution in [-0.4, -0.2) is 17.0 Å². The molecule has 4 nitrogen and oxygen atoms in total. The van der Waals surface area contributed by atoms with Crippen molar-refractivity contribution in [2.24, 2.45) is 11.8 Å². The maximum atomic E-state index is 12.0. The zero-order chi connectivity index (χ0) is 14.5. The van der Waals surface area contributed by atoms with Crippen LogP contribution in [0.1, 0.15) is 44.2 Å². The highest BCUT2D eigenvalue weighted by Gasteiger charge is 2.26. The largest absolute Gasteiger partial charge is 0.479 e. The summed E-state index contributed by atoms with van der Waals surface area (Å²) in [6, 6.07) is 7.85. The monoisotopic (exact) mass is 275 g/mol. The van der Waals surface area contributed by atoms with Crippen molar-refractivity contribution in [1.29, 1.82) is 0 Å². The Bertz CT molecular complexity index is 472. The summed E-state index contributed by atoms with van der Waals surface area (Å²) < 4.78 is 0. The van der Waals surface area contributed by atoms with Gasteiger partial charge >= 0.3 is 5.97 Å². The van der Waals surface area contributed by atoms with Crippen molar-refractivity contribution in [3.05, 3.63) is 35.9 Å². The minimum absolute atomic E-state index is 0.166. The Balaban J connectivity index is 1.95. The molecule has 0 bridgehead atoms. The molecule has 2 unspecified atom stereocenters. The highest BCUT2D eigenvalue weighted by atomic mass is 16.4. The van der Waals surface area contributed by atoms with Crippen LogP contribution < -0.4 is 5.32 Å². The molecule has 0 radical (unpaired) electrons. The number of hydrogen-bond donors (Lipinski definition) is 2. The van der Waals surface area contributed by atoms with E-state index in [1.165, 1.54) is 6.42 Å². The molecule has 0 heterocycles. The molecule has 1 aliphatic rings. The number of amides is 1. The number of aliphatic carboxylic acids is 1. The number of nitrogens with one attached hydrogen (secondary N) is 1. The Morgan fingerprint density at radius 1 is 1.30 bits per heavy atom. The number of rotatable bonds is 5. The van der Waals surface area contributed by atoms with E-state index in [-0.39, 0.29) is 5.91 Å². The average Bonchev–Trinajstić information content (AvgIpc) is 2.82. The van der Waals surface area contributed by atoms with Gasteiger partial charge in [-0.05, 0) is 30.2 Å². The lowest BCUT2D eigenvalue weighted by Gasteiger charge is -2.16. The summed E-state index contributed by atoms with van der Waals surface area (Å²) in [4.78, 5) is 23.3. The van der Waals surface area contributed by atoms with E-state index in [2.05, 4.69) is 12.2 Å². The maximum Gasteiger partial charge on any atom is 0.330 e. The molecule has 0 aromatic heterocycles. The van der Waals surface area contributed by atoms with E-state index in [1.807, 2.05) is 6.07 Å². The number of carboxylic acid groups (broad SMARTS) is 1. The third kappa shape index (κ3) is 3.83. The molecule has 2 N–H and O–H groups in total. The number of carbonyl (C=O) groups excluding carboxylic acids is 1. The van der Waals surface area contributed by atoms with E-state index >= 15 is 0 Å². The summed E-state index contributed by atoms with van der Waals surface area (Å²) in [5, 5.41) is 11.9. The Labute approximate surface area is 119 Å². The van der Waals surface area contributed by atoms with Crippen LogP contribution >= 0.6 is 0 Å². The van der Waals surface area contributed by atoms with Gasteiger partial charge in [0.2, 0.25) is 5.91 Å². The van der Waals surface area contributed by atoms with Gasteiger partial charge in [0.05, 0.1) is 0 Å². The lowest BCUT2D eigenvalue weighted by molar-refractivity contribution is -0.142. The van der Waals surface area contributed by atoms with Crippen LogP contribution in [0.2, 0.25) is 0 Å². The summed E-state index contributed by atoms with van der Waals surface area (Å²) in [5.74, 6) is -0.114. The lowest BCUT2D eigenvalue weighted by atomic mass is 10.0. The second-order valence-corrected chi connectivity index (χ2v) is 5.74. The zero-order valence-corrected chi connectivity index (χ0v) is 11.7. The van der Waals surface area contributed by atoms with E-state index in [0.29, 0.717) is 23.8 Å². The van der Waals surface area contributed by atoms with E-state index in [1.54, 1.807) is 24.3 Å². The van der Waals surface area contributed by atoms with Crippen LogP contribution in [0, 0.1) is 11.8 Å². The first-order valence-corrected chi connectivity index (χ1v) is 7.13. The summed E-state index contributed by atoms with van der Waals surface area (Å²) >= 11 is 0. The topological polar surface area (TPSA) is 66.4 Å². The normalized spacial score (nSPS) is 23.2. The van der Waals surface area contributed by atoms with Crippen molar-refractivity contribution in [3.8, 4) is 0 Å². The molecule has 4 heteroatoms. The maximum absolute atomic E-state index is 12.0. The molecule has 108 valence electrons. The molecular formula is C16H21NO3. The predicted molar refractivity (Wildman–Crippen MR) is 76.1 cm³/mol. The van der Waals surface area contributed by atoms with Gasteiger partial charge in [-0.1, -0.05) is 43.7 Å². The third-order valence-electron chi connectivity index (χ3n) is 3.96. The second-order valence-electron chi connectivity index (χ2n) is 5.74. The first-order chi connectivity index (χ1) is 9.56. The zero-order valence-electron chi connectivity index (χ0n) is 11.7. The predicted octanol–water partition coefficient (Wildman–Crippen LogP) is 2.75. The number of hydrogen-bond acceptors (Lipinski definition) is 2. The molecule has 3 atom stereocenters. The number of benzene rings is 1. The fraction of sp³-hybridized carbons (Fsp3) is 0.500. The van der Waals surface area contributed by atoms with Crippen LogP contribution in [0.3, 0.4) is 0 Å². The quantitative estimate of drug-likeness (QED) is 0.868. The van der Waals surface area contributed by atoms with E-state index in [0.717, 1.165) is 12.8 Å². The standard InChI is InChI=1S/C16H21NO3/c1-11-7-8-12(9-11)10-14(18)17-15(16(19)20)13-5-3-2-4-6-13/h2-6,11-12,15H,7-10H2,1H3,(H,17,18)(H,19,20)/t11?,12?,15-/m0/s1. The smallest absolute Gasteiger partial charge is 0.330 e. The number of carbonyl (C=O) groups is 2. The first kappa shape index (κ1) is 14.6. The van der Waals surface area contributed by atoms with Gasteiger partial charge in [0.1, 0.15) is 0 Å². The van der Waals surface area contributed by atoms with E-state index < -0.39 is 12.0 Å². The van der Waals surface area contributed by atoms with Crippen molar-refractivity contribution in [2.75, 3.05) is 0 Å². The second kappa shape index (κ2) is 6.55. The Morgan fingerprint density at radius 2 is 2.00 bits per heavy atom. The van der Waals surface area contributed by atoms with Crippen LogP contribution in [0.25, 0.3) is 0 Å². The average molecular weight is 275 g/mol. The van der Waals surface area contributed by atoms with Gasteiger partial charge in [-0.15, -0.1) is 0 Å². The summed E-state index contributed by atoms with van der Waals surface area (Å²) in [5.41, 5.74) is 0.605. The van der Waals surface area contributed by atoms with E-state index in [9.17, 15) is 14.7 Å².